The van der Waals surface area contributed by atoms with E-state index in [1.165, 1.54) is 19.3 Å². The maximum absolute atomic E-state index is 12.8. The third-order valence-electron chi connectivity index (χ3n) is 4.37. The summed E-state index contributed by atoms with van der Waals surface area (Å²) >= 11 is 1.62. The Kier molecular flexibility index (Phi) is 5.54. The molecule has 0 unspecified atom stereocenters. The van der Waals surface area contributed by atoms with Crippen LogP contribution >= 0.6 is 11.8 Å². The fourth-order valence-corrected chi connectivity index (χ4v) is 4.35. The highest BCUT2D eigenvalue weighted by Gasteiger charge is 2.49. The first-order valence-corrected chi connectivity index (χ1v) is 9.53. The van der Waals surface area contributed by atoms with Gasteiger partial charge in [0, 0.05) is 10.8 Å². The fraction of sp³-hybridized carbons (Fsp3) is 0.882. The number of amides is 2. The van der Waals surface area contributed by atoms with Crippen LogP contribution in [0.4, 0.5) is 4.79 Å². The lowest BCUT2D eigenvalue weighted by molar-refractivity contribution is -0.127. The van der Waals surface area contributed by atoms with Gasteiger partial charge in [-0.25, -0.2) is 4.79 Å². The summed E-state index contributed by atoms with van der Waals surface area (Å²) in [6.45, 7) is 9.57. The molecular weight excluding hydrogens is 312 g/mol. The standard InChI is InChI=1S/C17H30N2O3S/c1-16(2,3)22-15(21)19-11-23-17(4,5)13(19)14(20)18-12-9-7-6-8-10-12/h12-13H,6-11H2,1-5H3,(H,18,20)/t13-/m1/s1. The average Bonchev–Trinajstić information content (AvgIpc) is 2.73. The van der Waals surface area contributed by atoms with Crippen molar-refractivity contribution in [1.29, 1.82) is 0 Å². The minimum Gasteiger partial charge on any atom is -0.444 e. The highest BCUT2D eigenvalue weighted by atomic mass is 32.2. The molecular formula is C17H30N2O3S. The van der Waals surface area contributed by atoms with Gasteiger partial charge in [-0.2, -0.15) is 0 Å². The van der Waals surface area contributed by atoms with Gasteiger partial charge in [0.1, 0.15) is 11.6 Å². The molecule has 23 heavy (non-hydrogen) atoms. The summed E-state index contributed by atoms with van der Waals surface area (Å²) in [6, 6.07) is -0.234. The van der Waals surface area contributed by atoms with E-state index in [2.05, 4.69) is 5.32 Å². The van der Waals surface area contributed by atoms with E-state index >= 15 is 0 Å². The molecule has 0 aromatic carbocycles. The van der Waals surface area contributed by atoms with Crippen molar-refractivity contribution in [3.8, 4) is 0 Å². The van der Waals surface area contributed by atoms with Gasteiger partial charge in [-0.1, -0.05) is 19.3 Å². The van der Waals surface area contributed by atoms with Crippen molar-refractivity contribution in [1.82, 2.24) is 10.2 Å². The summed E-state index contributed by atoms with van der Waals surface area (Å²) in [5.41, 5.74) is -0.557. The Balaban J connectivity index is 2.07. The van der Waals surface area contributed by atoms with E-state index in [0.29, 0.717) is 5.88 Å². The first-order chi connectivity index (χ1) is 10.6. The largest absolute Gasteiger partial charge is 0.444 e. The molecule has 1 aliphatic carbocycles. The average molecular weight is 343 g/mol. The number of carbonyl (C=O) groups excluding carboxylic acids is 2. The van der Waals surface area contributed by atoms with Crippen LogP contribution in [0.1, 0.15) is 66.7 Å². The summed E-state index contributed by atoms with van der Waals surface area (Å²) < 4.78 is 5.17. The van der Waals surface area contributed by atoms with Crippen LogP contribution in [0.15, 0.2) is 0 Å². The molecule has 0 aromatic heterocycles. The zero-order valence-corrected chi connectivity index (χ0v) is 15.8. The zero-order chi connectivity index (χ0) is 17.3. The van der Waals surface area contributed by atoms with Gasteiger partial charge >= 0.3 is 6.09 Å². The molecule has 1 aliphatic heterocycles. The van der Waals surface area contributed by atoms with E-state index in [0.717, 1.165) is 12.8 Å². The lowest BCUT2D eigenvalue weighted by Gasteiger charge is -2.33. The summed E-state index contributed by atoms with van der Waals surface area (Å²) in [5, 5.41) is 3.16. The Hall–Kier alpha value is -0.910. The lowest BCUT2D eigenvalue weighted by atomic mass is 9.94. The van der Waals surface area contributed by atoms with Gasteiger partial charge in [-0.05, 0) is 47.5 Å². The van der Waals surface area contributed by atoms with Crippen molar-refractivity contribution in [3.05, 3.63) is 0 Å². The molecule has 1 atom stereocenters. The highest BCUT2D eigenvalue weighted by molar-refractivity contribution is 8.00. The van der Waals surface area contributed by atoms with E-state index in [-0.39, 0.29) is 16.7 Å². The molecule has 5 nitrogen and oxygen atoms in total. The molecule has 132 valence electrons. The van der Waals surface area contributed by atoms with Crippen LogP contribution in [0.2, 0.25) is 0 Å². The molecule has 0 spiro atoms. The Bertz CT molecular complexity index is 453. The Morgan fingerprint density at radius 1 is 1.17 bits per heavy atom. The number of nitrogens with zero attached hydrogens (tertiary/aromatic N) is 1. The third-order valence-corrected chi connectivity index (χ3v) is 5.75. The Labute approximate surface area is 143 Å². The van der Waals surface area contributed by atoms with Gasteiger partial charge in [0.05, 0.1) is 5.88 Å². The van der Waals surface area contributed by atoms with Crippen LogP contribution in [-0.4, -0.2) is 45.2 Å². The topological polar surface area (TPSA) is 58.6 Å². The number of hydrogen-bond acceptors (Lipinski definition) is 4. The van der Waals surface area contributed by atoms with Crippen molar-refractivity contribution >= 4 is 23.8 Å². The highest BCUT2D eigenvalue weighted by Crippen LogP contribution is 2.40. The van der Waals surface area contributed by atoms with E-state index in [4.69, 9.17) is 4.74 Å². The summed E-state index contributed by atoms with van der Waals surface area (Å²) in [6.07, 6.45) is 5.27. The van der Waals surface area contributed by atoms with Crippen molar-refractivity contribution in [2.45, 2.75) is 89.2 Å². The van der Waals surface area contributed by atoms with Gasteiger partial charge in [-0.15, -0.1) is 11.8 Å². The van der Waals surface area contributed by atoms with Gasteiger partial charge in [0.15, 0.2) is 0 Å². The molecule has 1 N–H and O–H groups in total. The molecule has 0 aromatic rings. The smallest absolute Gasteiger partial charge is 0.411 e. The summed E-state index contributed by atoms with van der Waals surface area (Å²) in [7, 11) is 0. The van der Waals surface area contributed by atoms with E-state index in [1.54, 1.807) is 16.7 Å². The number of rotatable bonds is 2. The van der Waals surface area contributed by atoms with Crippen LogP contribution in [0, 0.1) is 0 Å². The number of carbonyl (C=O) groups is 2. The summed E-state index contributed by atoms with van der Waals surface area (Å²) in [5.74, 6) is 0.447. The molecule has 0 radical (unpaired) electrons. The maximum Gasteiger partial charge on any atom is 0.411 e. The van der Waals surface area contributed by atoms with Crippen LogP contribution in [0.25, 0.3) is 0 Å². The van der Waals surface area contributed by atoms with Gasteiger partial charge < -0.3 is 10.1 Å². The fourth-order valence-electron chi connectivity index (χ4n) is 3.23. The van der Waals surface area contributed by atoms with Crippen molar-refractivity contribution in [3.63, 3.8) is 0 Å². The second kappa shape index (κ2) is 6.91. The number of ether oxygens (including phenoxy) is 1. The number of nitrogens with one attached hydrogen (secondary N) is 1. The first-order valence-electron chi connectivity index (χ1n) is 8.54. The Morgan fingerprint density at radius 3 is 2.35 bits per heavy atom. The molecule has 1 heterocycles. The zero-order valence-electron chi connectivity index (χ0n) is 15.0. The summed E-state index contributed by atoms with van der Waals surface area (Å²) in [4.78, 5) is 26.9. The van der Waals surface area contributed by atoms with E-state index in [9.17, 15) is 9.59 Å². The minimum absolute atomic E-state index is 0.0437. The Morgan fingerprint density at radius 2 is 1.78 bits per heavy atom. The van der Waals surface area contributed by atoms with E-state index in [1.807, 2.05) is 34.6 Å². The maximum atomic E-state index is 12.8. The lowest BCUT2D eigenvalue weighted by Crippen LogP contribution is -2.56. The second-order valence-electron chi connectivity index (χ2n) is 8.07. The minimum atomic E-state index is -0.557. The predicted molar refractivity (Wildman–Crippen MR) is 93.4 cm³/mol. The van der Waals surface area contributed by atoms with Gasteiger partial charge in [0.25, 0.3) is 0 Å². The van der Waals surface area contributed by atoms with Crippen LogP contribution in [-0.2, 0) is 9.53 Å². The van der Waals surface area contributed by atoms with E-state index < -0.39 is 17.7 Å². The van der Waals surface area contributed by atoms with Gasteiger partial charge in [0.2, 0.25) is 5.91 Å². The van der Waals surface area contributed by atoms with Crippen LogP contribution in [0.3, 0.4) is 0 Å². The predicted octanol–water partition coefficient (Wildman–Crippen LogP) is 3.52. The SMILES string of the molecule is CC(C)(C)OC(=O)N1CSC(C)(C)[C@H]1C(=O)NC1CCCCC1. The monoisotopic (exact) mass is 342 g/mol. The van der Waals surface area contributed by atoms with Crippen molar-refractivity contribution in [2.24, 2.45) is 0 Å². The normalized spacial score (nSPS) is 25.3. The molecule has 2 rings (SSSR count). The quantitative estimate of drug-likeness (QED) is 0.834. The third kappa shape index (κ3) is 4.78. The molecule has 0 bridgehead atoms. The molecule has 1 saturated heterocycles. The van der Waals surface area contributed by atoms with Gasteiger partial charge in [-0.3, -0.25) is 9.69 Å². The molecule has 2 amide bonds. The van der Waals surface area contributed by atoms with Crippen molar-refractivity contribution in [2.75, 3.05) is 5.88 Å². The number of thioether (sulfide) groups is 1. The van der Waals surface area contributed by atoms with Crippen LogP contribution in [0.5, 0.6) is 0 Å². The van der Waals surface area contributed by atoms with Crippen molar-refractivity contribution < 1.29 is 14.3 Å². The molecule has 2 aliphatic rings. The second-order valence-corrected chi connectivity index (χ2v) is 9.67. The first kappa shape index (κ1) is 18.4. The molecule has 2 fully saturated rings. The molecule has 1 saturated carbocycles. The molecule has 6 heteroatoms. The van der Waals surface area contributed by atoms with Crippen LogP contribution < -0.4 is 5.32 Å². The number of hydrogen-bond donors (Lipinski definition) is 1.